The molecule has 0 aromatic heterocycles. The van der Waals surface area contributed by atoms with E-state index in [1.165, 1.54) is 0 Å². The molecule has 1 aromatic carbocycles. The van der Waals surface area contributed by atoms with Gasteiger partial charge >= 0.3 is 0 Å². The van der Waals surface area contributed by atoms with Crippen LogP contribution < -0.4 is 14.2 Å². The van der Waals surface area contributed by atoms with Crippen LogP contribution in [-0.2, 0) is 4.79 Å². The number of carbonyl (C=O) groups is 1. The third kappa shape index (κ3) is 2.09. The van der Waals surface area contributed by atoms with Crippen molar-refractivity contribution < 1.29 is 19.0 Å². The molecule has 3 aliphatic rings. The largest absolute Gasteiger partial charge is 0.493 e. The maximum absolute atomic E-state index is 12.9. The lowest BCUT2D eigenvalue weighted by Crippen LogP contribution is -2.49. The van der Waals surface area contributed by atoms with Gasteiger partial charge in [-0.3, -0.25) is 9.69 Å². The van der Waals surface area contributed by atoms with Gasteiger partial charge in [-0.25, -0.2) is 0 Å². The molecule has 1 spiro atoms. The van der Waals surface area contributed by atoms with Gasteiger partial charge in [0.25, 0.3) is 0 Å². The van der Waals surface area contributed by atoms with E-state index >= 15 is 0 Å². The molecule has 0 radical (unpaired) electrons. The maximum atomic E-state index is 12.9. The fourth-order valence-electron chi connectivity index (χ4n) is 5.31. The Morgan fingerprint density at radius 1 is 1.12 bits per heavy atom. The molecule has 0 N–H and O–H groups in total. The molecule has 6 heteroatoms. The van der Waals surface area contributed by atoms with Crippen LogP contribution in [0.15, 0.2) is 12.1 Å². The van der Waals surface area contributed by atoms with E-state index in [1.807, 2.05) is 24.1 Å². The molecule has 0 unspecified atom stereocenters. The number of hydrogen-bond donors (Lipinski definition) is 0. The highest BCUT2D eigenvalue weighted by Crippen LogP contribution is 2.56. The molecule has 0 aliphatic carbocycles. The minimum absolute atomic E-state index is 0.221. The fraction of sp³-hybridized carbons (Fsp3) is 0.632. The quantitative estimate of drug-likeness (QED) is 0.835. The summed E-state index contributed by atoms with van der Waals surface area (Å²) in [5.74, 6) is 2.65. The van der Waals surface area contributed by atoms with Crippen LogP contribution in [-0.4, -0.2) is 62.7 Å². The Morgan fingerprint density at radius 2 is 1.80 bits per heavy atom. The summed E-state index contributed by atoms with van der Waals surface area (Å²) in [6, 6.07) is 4.29. The highest BCUT2D eigenvalue weighted by Gasteiger charge is 2.64. The maximum Gasteiger partial charge on any atom is 0.243 e. The van der Waals surface area contributed by atoms with E-state index in [1.54, 1.807) is 21.3 Å². The van der Waals surface area contributed by atoms with Gasteiger partial charge in [0.2, 0.25) is 11.7 Å². The first kappa shape index (κ1) is 16.5. The molecule has 1 aromatic rings. The van der Waals surface area contributed by atoms with Gasteiger partial charge < -0.3 is 19.1 Å². The minimum Gasteiger partial charge on any atom is -0.493 e. The van der Waals surface area contributed by atoms with Crippen LogP contribution in [0.25, 0.3) is 0 Å². The second-order valence-electron chi connectivity index (χ2n) is 7.31. The minimum atomic E-state index is -0.292. The van der Waals surface area contributed by atoms with Gasteiger partial charge in [0.1, 0.15) is 5.54 Å². The van der Waals surface area contributed by atoms with E-state index in [9.17, 15) is 4.79 Å². The first-order valence-electron chi connectivity index (χ1n) is 8.89. The lowest BCUT2D eigenvalue weighted by atomic mass is 9.85. The summed E-state index contributed by atoms with van der Waals surface area (Å²) in [6.07, 6.45) is 3.05. The van der Waals surface area contributed by atoms with Crippen molar-refractivity contribution in [3.8, 4) is 17.2 Å². The van der Waals surface area contributed by atoms with Crippen molar-refractivity contribution >= 4 is 5.91 Å². The molecule has 1 amide bonds. The number of amides is 1. The summed E-state index contributed by atoms with van der Waals surface area (Å²) in [5.41, 5.74) is 0.848. The molecule has 0 saturated carbocycles. The van der Waals surface area contributed by atoms with Crippen molar-refractivity contribution in [3.05, 3.63) is 17.7 Å². The molecule has 3 saturated heterocycles. The highest BCUT2D eigenvalue weighted by molar-refractivity contribution is 5.90. The summed E-state index contributed by atoms with van der Waals surface area (Å²) in [7, 11) is 6.82. The molecule has 136 valence electrons. The molecule has 3 heterocycles. The lowest BCUT2D eigenvalue weighted by molar-refractivity contribution is -0.135. The molecule has 6 nitrogen and oxygen atoms in total. The van der Waals surface area contributed by atoms with E-state index in [0.717, 1.165) is 37.9 Å². The van der Waals surface area contributed by atoms with Gasteiger partial charge in [0.05, 0.1) is 21.3 Å². The van der Waals surface area contributed by atoms with Gasteiger partial charge in [-0.1, -0.05) is 0 Å². The number of carbonyl (C=O) groups excluding carboxylic acids is 1. The van der Waals surface area contributed by atoms with Crippen molar-refractivity contribution in [1.29, 1.82) is 0 Å². The summed E-state index contributed by atoms with van der Waals surface area (Å²) in [5, 5.41) is 0. The van der Waals surface area contributed by atoms with E-state index in [4.69, 9.17) is 14.2 Å². The van der Waals surface area contributed by atoms with Crippen molar-refractivity contribution in [2.45, 2.75) is 30.8 Å². The summed E-state index contributed by atoms with van der Waals surface area (Å²) < 4.78 is 16.5. The third-order valence-electron chi connectivity index (χ3n) is 6.31. The Bertz CT molecular complexity index is 682. The fourth-order valence-corrected chi connectivity index (χ4v) is 5.31. The second kappa shape index (κ2) is 5.80. The smallest absolute Gasteiger partial charge is 0.243 e. The normalized spacial score (nSPS) is 31.2. The van der Waals surface area contributed by atoms with Crippen LogP contribution in [0.2, 0.25) is 0 Å². The number of likely N-dealkylation sites (N-methyl/N-ethyl adjacent to an activating group) is 1. The number of hydrogen-bond acceptors (Lipinski definition) is 5. The van der Waals surface area contributed by atoms with Gasteiger partial charge in [0, 0.05) is 25.6 Å². The molecule has 25 heavy (non-hydrogen) atoms. The predicted octanol–water partition coefficient (Wildman–Crippen LogP) is 2.08. The van der Waals surface area contributed by atoms with Gasteiger partial charge in [-0.2, -0.15) is 0 Å². The Morgan fingerprint density at radius 3 is 2.40 bits per heavy atom. The lowest BCUT2D eigenvalue weighted by Gasteiger charge is -2.33. The van der Waals surface area contributed by atoms with Gasteiger partial charge in [0.15, 0.2) is 11.5 Å². The van der Waals surface area contributed by atoms with Crippen LogP contribution in [0.1, 0.15) is 30.9 Å². The zero-order valence-corrected chi connectivity index (χ0v) is 15.4. The standard InChI is InChI=1S/C19H26N2O4/c1-20-11-13-10-14(21-7-5-6-19(13,21)18(20)22)12-8-15(23-2)17(25-4)16(9-12)24-3/h8-9,13-14H,5-7,10-11H2,1-4H3/t13-,14-,19-/m0/s1. The zero-order chi connectivity index (χ0) is 17.8. The first-order chi connectivity index (χ1) is 12.1. The van der Waals surface area contributed by atoms with Crippen LogP contribution >= 0.6 is 0 Å². The number of rotatable bonds is 4. The second-order valence-corrected chi connectivity index (χ2v) is 7.31. The van der Waals surface area contributed by atoms with Crippen molar-refractivity contribution in [2.24, 2.45) is 5.92 Å². The monoisotopic (exact) mass is 346 g/mol. The van der Waals surface area contributed by atoms with E-state index in [-0.39, 0.29) is 11.6 Å². The first-order valence-corrected chi connectivity index (χ1v) is 8.89. The molecule has 0 bridgehead atoms. The number of methoxy groups -OCH3 is 3. The van der Waals surface area contributed by atoms with Gasteiger partial charge in [-0.05, 0) is 43.5 Å². The Kier molecular flexibility index (Phi) is 3.83. The Hall–Kier alpha value is -1.95. The van der Waals surface area contributed by atoms with Gasteiger partial charge in [-0.15, -0.1) is 0 Å². The Balaban J connectivity index is 1.76. The molecule has 4 rings (SSSR count). The Labute approximate surface area is 148 Å². The van der Waals surface area contributed by atoms with Crippen LogP contribution in [0.5, 0.6) is 17.2 Å². The predicted molar refractivity (Wildman–Crippen MR) is 93.3 cm³/mol. The molecule has 3 aliphatic heterocycles. The molecular formula is C19H26N2O4. The summed E-state index contributed by atoms with van der Waals surface area (Å²) in [6.45, 7) is 1.83. The number of nitrogens with zero attached hydrogens (tertiary/aromatic N) is 2. The average molecular weight is 346 g/mol. The van der Waals surface area contributed by atoms with E-state index < -0.39 is 0 Å². The third-order valence-corrected chi connectivity index (χ3v) is 6.31. The average Bonchev–Trinajstić information content (AvgIpc) is 3.25. The summed E-state index contributed by atoms with van der Waals surface area (Å²) >= 11 is 0. The van der Waals surface area contributed by atoms with Crippen molar-refractivity contribution in [2.75, 3.05) is 41.5 Å². The van der Waals surface area contributed by atoms with Crippen molar-refractivity contribution in [3.63, 3.8) is 0 Å². The van der Waals surface area contributed by atoms with Crippen LogP contribution in [0.4, 0.5) is 0 Å². The van der Waals surface area contributed by atoms with Crippen LogP contribution in [0, 0.1) is 5.92 Å². The zero-order valence-electron chi connectivity index (χ0n) is 15.4. The summed E-state index contributed by atoms with van der Waals surface area (Å²) in [4.78, 5) is 17.3. The highest BCUT2D eigenvalue weighted by atomic mass is 16.5. The molecular weight excluding hydrogens is 320 g/mol. The topological polar surface area (TPSA) is 51.2 Å². The van der Waals surface area contributed by atoms with E-state index in [2.05, 4.69) is 4.90 Å². The van der Waals surface area contributed by atoms with Crippen molar-refractivity contribution in [1.82, 2.24) is 9.80 Å². The molecule has 3 fully saturated rings. The number of likely N-dealkylation sites (tertiary alicyclic amines) is 1. The number of benzene rings is 1. The van der Waals surface area contributed by atoms with E-state index in [0.29, 0.717) is 29.1 Å². The number of ether oxygens (including phenoxy) is 3. The van der Waals surface area contributed by atoms with Crippen LogP contribution in [0.3, 0.4) is 0 Å². The molecule has 3 atom stereocenters. The SMILES string of the molecule is COc1cc([C@@H]2C[C@H]3CN(C)C(=O)[C@]34CCCN24)cc(OC)c1OC.